The molecule has 3 aromatic rings. The summed E-state index contributed by atoms with van der Waals surface area (Å²) in [4.78, 5) is 36.7. The Balaban J connectivity index is 1.44. The van der Waals surface area contributed by atoms with Gasteiger partial charge in [-0.25, -0.2) is 9.59 Å². The van der Waals surface area contributed by atoms with Crippen molar-refractivity contribution < 1.29 is 34.1 Å². The Labute approximate surface area is 202 Å². The monoisotopic (exact) mass is 475 g/mol. The number of carboxylic acid groups (broad SMARTS) is 1. The number of rotatable bonds is 8. The fourth-order valence-corrected chi connectivity index (χ4v) is 4.00. The van der Waals surface area contributed by atoms with E-state index in [1.54, 1.807) is 30.3 Å². The number of esters is 1. The van der Waals surface area contributed by atoms with Crippen molar-refractivity contribution >= 4 is 17.8 Å². The van der Waals surface area contributed by atoms with Crippen molar-refractivity contribution in [2.75, 3.05) is 6.61 Å². The Morgan fingerprint density at radius 1 is 1.11 bits per heavy atom. The Morgan fingerprint density at radius 3 is 2.60 bits per heavy atom. The summed E-state index contributed by atoms with van der Waals surface area (Å²) in [6.07, 6.45) is -0.0485. The number of cyclic esters (lactones) is 1. The van der Waals surface area contributed by atoms with Crippen molar-refractivity contribution in [3.05, 3.63) is 94.5 Å². The number of carbonyl (C=O) groups is 3. The van der Waals surface area contributed by atoms with E-state index in [2.05, 4.69) is 5.32 Å². The van der Waals surface area contributed by atoms with Crippen molar-refractivity contribution in [3.8, 4) is 11.5 Å². The molecule has 35 heavy (non-hydrogen) atoms. The minimum atomic E-state index is -1.18. The zero-order valence-corrected chi connectivity index (χ0v) is 19.1. The van der Waals surface area contributed by atoms with Crippen molar-refractivity contribution in [3.63, 3.8) is 0 Å². The maximum atomic E-state index is 12.5. The first kappa shape index (κ1) is 23.8. The van der Waals surface area contributed by atoms with Crippen LogP contribution in [-0.4, -0.2) is 40.7 Å². The van der Waals surface area contributed by atoms with Crippen LogP contribution in [0.25, 0.3) is 0 Å². The van der Waals surface area contributed by atoms with Gasteiger partial charge in [0.05, 0.1) is 5.56 Å². The van der Waals surface area contributed by atoms with E-state index in [0.29, 0.717) is 28.9 Å². The van der Waals surface area contributed by atoms with Crippen LogP contribution in [0.15, 0.2) is 66.7 Å². The van der Waals surface area contributed by atoms with Gasteiger partial charge < -0.3 is 25.0 Å². The molecule has 0 bridgehead atoms. The first-order valence-electron chi connectivity index (χ1n) is 11.1. The molecule has 2 unspecified atom stereocenters. The standard InChI is InChI=1S/C27H25NO7/c1-16-6-11-23(21(12-16)24-14-18-4-2-3-5-20(18)27(33)35-24)34-15-25(30)28-22(26(31)32)13-17-7-9-19(29)10-8-17/h2-12,22,24,29H,13-15H2,1H3,(H,28,30)(H,31,32). The van der Waals surface area contributed by atoms with Gasteiger partial charge in [0, 0.05) is 18.4 Å². The summed E-state index contributed by atoms with van der Waals surface area (Å²) >= 11 is 0. The van der Waals surface area contributed by atoms with E-state index in [9.17, 15) is 24.6 Å². The molecule has 2 atom stereocenters. The van der Waals surface area contributed by atoms with E-state index in [1.807, 2.05) is 31.2 Å². The highest BCUT2D eigenvalue weighted by Crippen LogP contribution is 2.35. The zero-order valence-electron chi connectivity index (χ0n) is 19.1. The highest BCUT2D eigenvalue weighted by Gasteiger charge is 2.29. The number of phenolic OH excluding ortho intramolecular Hbond substituents is 1. The predicted molar refractivity (Wildman–Crippen MR) is 126 cm³/mol. The van der Waals surface area contributed by atoms with Crippen LogP contribution in [0.5, 0.6) is 11.5 Å². The molecule has 0 saturated carbocycles. The smallest absolute Gasteiger partial charge is 0.339 e. The molecule has 0 radical (unpaired) electrons. The lowest BCUT2D eigenvalue weighted by atomic mass is 9.93. The zero-order chi connectivity index (χ0) is 24.9. The minimum absolute atomic E-state index is 0.0502. The second-order valence-corrected chi connectivity index (χ2v) is 8.41. The lowest BCUT2D eigenvalue weighted by Gasteiger charge is -2.26. The fraction of sp³-hybridized carbons (Fsp3) is 0.222. The van der Waals surface area contributed by atoms with Crippen LogP contribution in [0.4, 0.5) is 0 Å². The van der Waals surface area contributed by atoms with Crippen molar-refractivity contribution in [2.24, 2.45) is 0 Å². The quantitative estimate of drug-likeness (QED) is 0.427. The van der Waals surface area contributed by atoms with Crippen molar-refractivity contribution in [1.29, 1.82) is 0 Å². The molecule has 180 valence electrons. The van der Waals surface area contributed by atoms with Crippen LogP contribution in [0.3, 0.4) is 0 Å². The molecule has 3 aromatic carbocycles. The SMILES string of the molecule is Cc1ccc(OCC(=O)NC(Cc2ccc(O)cc2)C(=O)O)c(C2Cc3ccccc3C(=O)O2)c1. The molecule has 8 nitrogen and oxygen atoms in total. The number of ether oxygens (including phenoxy) is 2. The Bertz CT molecular complexity index is 1250. The normalized spacial score (nSPS) is 15.5. The number of phenols is 1. The predicted octanol–water partition coefficient (Wildman–Crippen LogP) is 3.35. The summed E-state index contributed by atoms with van der Waals surface area (Å²) in [7, 11) is 0. The summed E-state index contributed by atoms with van der Waals surface area (Å²) in [6, 6.07) is 17.6. The number of nitrogens with one attached hydrogen (secondary N) is 1. The van der Waals surface area contributed by atoms with E-state index < -0.39 is 36.6 Å². The summed E-state index contributed by atoms with van der Waals surface area (Å²) in [5.74, 6) is -1.75. The Hall–Kier alpha value is -4.33. The molecule has 0 aromatic heterocycles. The number of benzene rings is 3. The van der Waals surface area contributed by atoms with Crippen molar-refractivity contribution in [2.45, 2.75) is 31.9 Å². The number of carboxylic acids is 1. The number of hydrogen-bond donors (Lipinski definition) is 3. The van der Waals surface area contributed by atoms with Crippen LogP contribution in [-0.2, 0) is 27.2 Å². The largest absolute Gasteiger partial charge is 0.508 e. The van der Waals surface area contributed by atoms with E-state index in [0.717, 1.165) is 11.1 Å². The van der Waals surface area contributed by atoms with Gasteiger partial charge in [0.25, 0.3) is 5.91 Å². The summed E-state index contributed by atoms with van der Waals surface area (Å²) in [5, 5.41) is 21.4. The average molecular weight is 475 g/mol. The third kappa shape index (κ3) is 5.78. The molecule has 0 aliphatic carbocycles. The van der Waals surface area contributed by atoms with Gasteiger partial charge in [0.1, 0.15) is 23.6 Å². The Kier molecular flexibility index (Phi) is 7.01. The topological polar surface area (TPSA) is 122 Å². The molecule has 4 rings (SSSR count). The van der Waals surface area contributed by atoms with E-state index >= 15 is 0 Å². The number of aromatic hydroxyl groups is 1. The fourth-order valence-electron chi connectivity index (χ4n) is 4.00. The molecule has 3 N–H and O–H groups in total. The molecule has 0 saturated heterocycles. The van der Waals surface area contributed by atoms with Gasteiger partial charge in [-0.15, -0.1) is 0 Å². The van der Waals surface area contributed by atoms with E-state index in [4.69, 9.17) is 9.47 Å². The van der Waals surface area contributed by atoms with Gasteiger partial charge in [0.15, 0.2) is 6.61 Å². The number of fused-ring (bicyclic) bond motifs is 1. The molecule has 1 aliphatic heterocycles. The lowest BCUT2D eigenvalue weighted by molar-refractivity contribution is -0.142. The van der Waals surface area contributed by atoms with E-state index in [-0.39, 0.29) is 12.2 Å². The molecule has 0 spiro atoms. The van der Waals surface area contributed by atoms with Gasteiger partial charge in [-0.05, 0) is 48.4 Å². The number of hydrogen-bond acceptors (Lipinski definition) is 6. The summed E-state index contributed by atoms with van der Waals surface area (Å²) < 4.78 is 11.4. The number of amides is 1. The lowest BCUT2D eigenvalue weighted by Crippen LogP contribution is -2.44. The number of carbonyl (C=O) groups excluding carboxylic acids is 2. The van der Waals surface area contributed by atoms with Crippen LogP contribution in [0, 0.1) is 6.92 Å². The maximum Gasteiger partial charge on any atom is 0.339 e. The molecule has 8 heteroatoms. The highest BCUT2D eigenvalue weighted by molar-refractivity contribution is 5.92. The first-order valence-corrected chi connectivity index (χ1v) is 11.1. The van der Waals surface area contributed by atoms with Crippen molar-refractivity contribution in [1.82, 2.24) is 5.32 Å². The number of aliphatic carboxylic acids is 1. The van der Waals surface area contributed by atoms with Crippen LogP contribution >= 0.6 is 0 Å². The minimum Gasteiger partial charge on any atom is -0.508 e. The van der Waals surface area contributed by atoms with Crippen LogP contribution in [0.2, 0.25) is 0 Å². The molecule has 1 amide bonds. The number of aryl methyl sites for hydroxylation is 1. The first-order chi connectivity index (χ1) is 16.8. The third-order valence-electron chi connectivity index (χ3n) is 5.77. The molecule has 1 heterocycles. The third-order valence-corrected chi connectivity index (χ3v) is 5.77. The van der Waals surface area contributed by atoms with Gasteiger partial charge in [-0.2, -0.15) is 0 Å². The Morgan fingerprint density at radius 2 is 1.86 bits per heavy atom. The maximum absolute atomic E-state index is 12.5. The average Bonchev–Trinajstić information content (AvgIpc) is 2.84. The summed E-state index contributed by atoms with van der Waals surface area (Å²) in [6.45, 7) is 1.49. The van der Waals surface area contributed by atoms with Gasteiger partial charge in [-0.1, -0.05) is 42.0 Å². The molecular formula is C27H25NO7. The molecule has 1 aliphatic rings. The van der Waals surface area contributed by atoms with Crippen LogP contribution < -0.4 is 10.1 Å². The second-order valence-electron chi connectivity index (χ2n) is 8.41. The van der Waals surface area contributed by atoms with E-state index in [1.165, 1.54) is 12.1 Å². The van der Waals surface area contributed by atoms with Gasteiger partial charge >= 0.3 is 11.9 Å². The second kappa shape index (κ2) is 10.3. The van der Waals surface area contributed by atoms with Gasteiger partial charge in [0.2, 0.25) is 0 Å². The highest BCUT2D eigenvalue weighted by atomic mass is 16.5. The summed E-state index contributed by atoms with van der Waals surface area (Å²) in [5.41, 5.74) is 3.63. The van der Waals surface area contributed by atoms with Gasteiger partial charge in [-0.3, -0.25) is 4.79 Å². The molecule has 0 fully saturated rings. The molecular weight excluding hydrogens is 450 g/mol. The van der Waals surface area contributed by atoms with Crippen LogP contribution in [0.1, 0.15) is 38.7 Å².